The molecule has 3 N–H and O–H groups in total. The van der Waals surface area contributed by atoms with Gasteiger partial charge in [-0.3, -0.25) is 4.99 Å². The van der Waals surface area contributed by atoms with Crippen LogP contribution in [0, 0.1) is 6.92 Å². The fourth-order valence-corrected chi connectivity index (χ4v) is 3.14. The number of halogens is 3. The number of nitrogens with one attached hydrogen (secondary N) is 2. The van der Waals surface area contributed by atoms with E-state index in [0.29, 0.717) is 19.0 Å². The molecule has 1 unspecified atom stereocenters. The Balaban J connectivity index is 1.80. The van der Waals surface area contributed by atoms with Crippen molar-refractivity contribution in [3.63, 3.8) is 0 Å². The van der Waals surface area contributed by atoms with E-state index in [4.69, 9.17) is 4.74 Å². The molecule has 6 nitrogen and oxygen atoms in total. The SMILES string of the molecule is CCNC(=NCC(O)COc1cccc(C(F)(F)F)c1)NCCc1ncc(C)s1. The van der Waals surface area contributed by atoms with Gasteiger partial charge in [-0.15, -0.1) is 11.3 Å². The van der Waals surface area contributed by atoms with E-state index in [9.17, 15) is 18.3 Å². The van der Waals surface area contributed by atoms with Crippen molar-refractivity contribution in [3.8, 4) is 5.75 Å². The Bertz CT molecular complexity index is 796. The minimum Gasteiger partial charge on any atom is -0.491 e. The van der Waals surface area contributed by atoms with Gasteiger partial charge in [0, 0.05) is 30.6 Å². The Kier molecular flexibility index (Phi) is 8.71. The summed E-state index contributed by atoms with van der Waals surface area (Å²) in [6.45, 7) is 5.10. The maximum atomic E-state index is 12.7. The van der Waals surface area contributed by atoms with Crippen molar-refractivity contribution in [2.24, 2.45) is 4.99 Å². The second kappa shape index (κ2) is 11.0. The standard InChI is InChI=1S/C19H25F3N4O2S/c1-3-23-18(24-8-7-17-25-10-13(2)29-17)26-11-15(27)12-28-16-6-4-5-14(9-16)19(20,21)22/h4-6,9-10,15,27H,3,7-8,11-12H2,1-2H3,(H2,23,24,26). The average molecular weight is 430 g/mol. The molecule has 0 radical (unpaired) electrons. The van der Waals surface area contributed by atoms with Crippen LogP contribution < -0.4 is 15.4 Å². The predicted molar refractivity (Wildman–Crippen MR) is 107 cm³/mol. The zero-order chi connectivity index (χ0) is 21.3. The monoisotopic (exact) mass is 430 g/mol. The Hall–Kier alpha value is -2.33. The first-order chi connectivity index (χ1) is 13.8. The third kappa shape index (κ3) is 8.28. The molecule has 0 aliphatic carbocycles. The van der Waals surface area contributed by atoms with Crippen LogP contribution in [0.15, 0.2) is 35.5 Å². The summed E-state index contributed by atoms with van der Waals surface area (Å²) < 4.78 is 43.4. The first-order valence-electron chi connectivity index (χ1n) is 9.19. The summed E-state index contributed by atoms with van der Waals surface area (Å²) >= 11 is 1.64. The van der Waals surface area contributed by atoms with E-state index < -0.39 is 17.8 Å². The lowest BCUT2D eigenvalue weighted by molar-refractivity contribution is -0.137. The smallest absolute Gasteiger partial charge is 0.416 e. The van der Waals surface area contributed by atoms with E-state index in [1.165, 1.54) is 12.1 Å². The van der Waals surface area contributed by atoms with E-state index in [2.05, 4.69) is 20.6 Å². The Morgan fingerprint density at radius 2 is 2.14 bits per heavy atom. The molecular weight excluding hydrogens is 405 g/mol. The van der Waals surface area contributed by atoms with E-state index in [-0.39, 0.29) is 18.9 Å². The minimum atomic E-state index is -4.44. The minimum absolute atomic E-state index is 0.0463. The van der Waals surface area contributed by atoms with Gasteiger partial charge >= 0.3 is 6.18 Å². The Labute approximate surface area is 171 Å². The van der Waals surface area contributed by atoms with Gasteiger partial charge in [0.25, 0.3) is 0 Å². The summed E-state index contributed by atoms with van der Waals surface area (Å²) in [7, 11) is 0. The molecule has 0 spiro atoms. The van der Waals surface area contributed by atoms with Gasteiger partial charge in [0.15, 0.2) is 5.96 Å². The van der Waals surface area contributed by atoms with Crippen molar-refractivity contribution in [1.82, 2.24) is 15.6 Å². The molecule has 0 amide bonds. The zero-order valence-corrected chi connectivity index (χ0v) is 17.1. The van der Waals surface area contributed by atoms with Crippen molar-refractivity contribution in [3.05, 3.63) is 45.9 Å². The van der Waals surface area contributed by atoms with E-state index >= 15 is 0 Å². The molecule has 1 atom stereocenters. The Morgan fingerprint density at radius 1 is 1.34 bits per heavy atom. The summed E-state index contributed by atoms with van der Waals surface area (Å²) in [6, 6.07) is 4.55. The van der Waals surface area contributed by atoms with Crippen molar-refractivity contribution in [2.75, 3.05) is 26.2 Å². The fraction of sp³-hybridized carbons (Fsp3) is 0.474. The maximum Gasteiger partial charge on any atom is 0.416 e. The fourth-order valence-electron chi connectivity index (χ4n) is 2.35. The molecule has 29 heavy (non-hydrogen) atoms. The number of aromatic nitrogens is 1. The summed E-state index contributed by atoms with van der Waals surface area (Å²) in [5.74, 6) is 0.588. The molecule has 2 aromatic rings. The summed E-state index contributed by atoms with van der Waals surface area (Å²) in [5.41, 5.74) is -0.795. The third-order valence-electron chi connectivity index (χ3n) is 3.71. The van der Waals surface area contributed by atoms with E-state index in [1.807, 2.05) is 20.0 Å². The van der Waals surface area contributed by atoms with Crippen LogP contribution in [-0.4, -0.2) is 48.4 Å². The highest BCUT2D eigenvalue weighted by Crippen LogP contribution is 2.31. The molecule has 1 aromatic carbocycles. The number of nitrogens with zero attached hydrogens (tertiary/aromatic N) is 2. The molecular formula is C19H25F3N4O2S. The predicted octanol–water partition coefficient (Wildman–Crippen LogP) is 3.01. The second-order valence-corrected chi connectivity index (χ2v) is 7.57. The maximum absolute atomic E-state index is 12.7. The number of guanidine groups is 1. The van der Waals surface area contributed by atoms with Gasteiger partial charge in [0.2, 0.25) is 0 Å². The number of aliphatic imine (C=N–C) groups is 1. The molecule has 0 bridgehead atoms. The van der Waals surface area contributed by atoms with Crippen LogP contribution in [0.4, 0.5) is 13.2 Å². The van der Waals surface area contributed by atoms with Crippen molar-refractivity contribution in [2.45, 2.75) is 32.5 Å². The molecule has 0 saturated carbocycles. The second-order valence-electron chi connectivity index (χ2n) is 6.25. The number of hydrogen-bond donors (Lipinski definition) is 3. The molecule has 1 heterocycles. The molecule has 0 aliphatic heterocycles. The highest BCUT2D eigenvalue weighted by molar-refractivity contribution is 7.11. The number of aryl methyl sites for hydroxylation is 1. The quantitative estimate of drug-likeness (QED) is 0.421. The highest BCUT2D eigenvalue weighted by Gasteiger charge is 2.30. The number of benzene rings is 1. The summed E-state index contributed by atoms with van der Waals surface area (Å²) in [5, 5.41) is 17.3. The molecule has 0 aliphatic rings. The van der Waals surface area contributed by atoms with Crippen LogP contribution in [0.1, 0.15) is 22.4 Å². The van der Waals surface area contributed by atoms with Gasteiger partial charge in [-0.25, -0.2) is 4.98 Å². The van der Waals surface area contributed by atoms with Gasteiger partial charge in [0.1, 0.15) is 18.5 Å². The summed E-state index contributed by atoms with van der Waals surface area (Å²) in [4.78, 5) is 9.74. The lowest BCUT2D eigenvalue weighted by Crippen LogP contribution is -2.39. The van der Waals surface area contributed by atoms with Crippen molar-refractivity contribution in [1.29, 1.82) is 0 Å². The number of rotatable bonds is 9. The van der Waals surface area contributed by atoms with Gasteiger partial charge in [0.05, 0.1) is 17.1 Å². The van der Waals surface area contributed by atoms with Gasteiger partial charge in [-0.1, -0.05) is 6.07 Å². The topological polar surface area (TPSA) is 78.8 Å². The lowest BCUT2D eigenvalue weighted by atomic mass is 10.2. The van der Waals surface area contributed by atoms with Crippen LogP contribution in [0.3, 0.4) is 0 Å². The van der Waals surface area contributed by atoms with Crippen molar-refractivity contribution >= 4 is 17.3 Å². The van der Waals surface area contributed by atoms with Crippen LogP contribution in [0.5, 0.6) is 5.75 Å². The number of thiazole rings is 1. The zero-order valence-electron chi connectivity index (χ0n) is 16.3. The highest BCUT2D eigenvalue weighted by atomic mass is 32.1. The van der Waals surface area contributed by atoms with E-state index in [0.717, 1.165) is 28.4 Å². The van der Waals surface area contributed by atoms with Gasteiger partial charge in [-0.2, -0.15) is 13.2 Å². The van der Waals surface area contributed by atoms with Crippen LogP contribution >= 0.6 is 11.3 Å². The normalized spacial score (nSPS) is 13.2. The first-order valence-corrected chi connectivity index (χ1v) is 10.0. The summed E-state index contributed by atoms with van der Waals surface area (Å²) in [6.07, 6.45) is -2.81. The number of alkyl halides is 3. The largest absolute Gasteiger partial charge is 0.491 e. The molecule has 0 saturated heterocycles. The molecule has 160 valence electrons. The lowest BCUT2D eigenvalue weighted by Gasteiger charge is -2.14. The molecule has 2 rings (SSSR count). The number of ether oxygens (including phenoxy) is 1. The first kappa shape index (κ1) is 23.0. The molecule has 10 heteroatoms. The molecule has 1 aromatic heterocycles. The molecule has 0 fully saturated rings. The van der Waals surface area contributed by atoms with Crippen molar-refractivity contribution < 1.29 is 23.0 Å². The number of hydrogen-bond acceptors (Lipinski definition) is 5. The van der Waals surface area contributed by atoms with Crippen LogP contribution in [-0.2, 0) is 12.6 Å². The number of aliphatic hydroxyl groups excluding tert-OH is 1. The van der Waals surface area contributed by atoms with Gasteiger partial charge in [-0.05, 0) is 32.0 Å². The number of aliphatic hydroxyl groups is 1. The average Bonchev–Trinajstić information content (AvgIpc) is 3.09. The van der Waals surface area contributed by atoms with Gasteiger partial charge < -0.3 is 20.5 Å². The van der Waals surface area contributed by atoms with Crippen LogP contribution in [0.2, 0.25) is 0 Å². The third-order valence-corrected chi connectivity index (χ3v) is 4.68. The Morgan fingerprint density at radius 3 is 2.79 bits per heavy atom. The van der Waals surface area contributed by atoms with Crippen LogP contribution in [0.25, 0.3) is 0 Å². The van der Waals surface area contributed by atoms with E-state index in [1.54, 1.807) is 11.3 Å².